The lowest BCUT2D eigenvalue weighted by molar-refractivity contribution is -0.156. The second-order valence-electron chi connectivity index (χ2n) is 12.6. The summed E-state index contributed by atoms with van der Waals surface area (Å²) in [5, 5.41) is 0. The molecule has 0 saturated heterocycles. The van der Waals surface area contributed by atoms with Crippen LogP contribution in [0.5, 0.6) is 0 Å². The molecule has 0 heterocycles. The topological polar surface area (TPSA) is 105 Å². The summed E-state index contributed by atoms with van der Waals surface area (Å²) in [4.78, 5) is 45.0. The first kappa shape index (κ1) is 33.9. The van der Waals surface area contributed by atoms with E-state index in [1.54, 1.807) is 0 Å². The van der Waals surface area contributed by atoms with E-state index in [9.17, 15) is 19.2 Å². The Hall–Kier alpha value is -2.12. The zero-order valence-electron chi connectivity index (χ0n) is 25.1. The van der Waals surface area contributed by atoms with E-state index in [0.29, 0.717) is 22.7 Å². The number of carbonyl (C=O) groups excluding carboxylic acids is 4. The molecule has 2 aliphatic carbocycles. The monoisotopic (exact) mass is 540 g/mol. The van der Waals surface area contributed by atoms with Crippen molar-refractivity contribution >= 4 is 23.9 Å². The number of hydrogen-bond donors (Lipinski definition) is 0. The average molecular weight is 541 g/mol. The minimum absolute atomic E-state index is 0.0723. The molecular weight excluding hydrogens is 488 g/mol. The normalized spacial score (nSPS) is 23.5. The zero-order valence-corrected chi connectivity index (χ0v) is 25.1. The van der Waals surface area contributed by atoms with Crippen LogP contribution in [0.15, 0.2) is 0 Å². The SMILES string of the molecule is CC(=O)OCCOC(=O)[C@@H](C)[C@@H]1CCCC(C)(C)C1.CC(=O)OCCOC(=O)[C@H](C)[C@@H]1CCCC(C)(C)C1. The predicted molar refractivity (Wildman–Crippen MR) is 145 cm³/mol. The van der Waals surface area contributed by atoms with E-state index in [4.69, 9.17) is 18.9 Å². The number of hydrogen-bond acceptors (Lipinski definition) is 8. The number of carbonyl (C=O) groups is 4. The van der Waals surface area contributed by atoms with Crippen molar-refractivity contribution in [1.82, 2.24) is 0 Å². The quantitative estimate of drug-likeness (QED) is 0.192. The van der Waals surface area contributed by atoms with Crippen LogP contribution < -0.4 is 0 Å². The molecule has 8 nitrogen and oxygen atoms in total. The van der Waals surface area contributed by atoms with Crippen LogP contribution in [0.4, 0.5) is 0 Å². The summed E-state index contributed by atoms with van der Waals surface area (Å²) in [6.07, 6.45) is 9.19. The van der Waals surface area contributed by atoms with Crippen LogP contribution in [0.25, 0.3) is 0 Å². The van der Waals surface area contributed by atoms with Gasteiger partial charge in [-0.2, -0.15) is 0 Å². The highest BCUT2D eigenvalue weighted by molar-refractivity contribution is 5.73. The lowest BCUT2D eigenvalue weighted by Gasteiger charge is -2.37. The lowest BCUT2D eigenvalue weighted by Crippen LogP contribution is -2.31. The fourth-order valence-corrected chi connectivity index (χ4v) is 5.67. The molecule has 0 spiro atoms. The van der Waals surface area contributed by atoms with Gasteiger partial charge in [-0.15, -0.1) is 0 Å². The van der Waals surface area contributed by atoms with Gasteiger partial charge in [0.1, 0.15) is 26.4 Å². The second kappa shape index (κ2) is 16.1. The van der Waals surface area contributed by atoms with Crippen LogP contribution >= 0.6 is 0 Å². The van der Waals surface area contributed by atoms with E-state index in [1.807, 2.05) is 13.8 Å². The first-order chi connectivity index (χ1) is 17.6. The Balaban J connectivity index is 0.000000380. The summed E-state index contributed by atoms with van der Waals surface area (Å²) in [5.74, 6) is -0.371. The van der Waals surface area contributed by atoms with Crippen LogP contribution in [-0.4, -0.2) is 50.3 Å². The van der Waals surface area contributed by atoms with E-state index >= 15 is 0 Å². The highest BCUT2D eigenvalue weighted by Crippen LogP contribution is 2.42. The Morgan fingerprint density at radius 2 is 0.947 bits per heavy atom. The number of ether oxygens (including phenoxy) is 4. The van der Waals surface area contributed by atoms with Gasteiger partial charge in [0.2, 0.25) is 0 Å². The third-order valence-corrected chi connectivity index (χ3v) is 7.91. The third kappa shape index (κ3) is 13.6. The fourth-order valence-electron chi connectivity index (χ4n) is 5.67. The molecule has 2 aliphatic rings. The minimum Gasteiger partial charge on any atom is -0.462 e. The van der Waals surface area contributed by atoms with Crippen LogP contribution in [0.3, 0.4) is 0 Å². The molecule has 0 N–H and O–H groups in total. The van der Waals surface area contributed by atoms with Crippen molar-refractivity contribution in [3.63, 3.8) is 0 Å². The number of esters is 4. The standard InChI is InChI=1S/2C15H26O4/c2*1-11(13-6-5-7-15(3,4)10-13)14(17)19-9-8-18-12(2)16/h2*11,13H,5-10H2,1-4H3/t11-,13+;11-,13-/m01/s1. The van der Waals surface area contributed by atoms with Gasteiger partial charge in [0.15, 0.2) is 0 Å². The maximum atomic E-state index is 11.9. The molecule has 8 heteroatoms. The molecule has 2 rings (SSSR count). The minimum atomic E-state index is -0.349. The molecule has 0 aromatic carbocycles. The van der Waals surface area contributed by atoms with E-state index in [1.165, 1.54) is 39.5 Å². The maximum absolute atomic E-state index is 11.9. The molecule has 38 heavy (non-hydrogen) atoms. The predicted octanol–water partition coefficient (Wildman–Crippen LogP) is 5.89. The first-order valence-electron chi connectivity index (χ1n) is 14.2. The van der Waals surface area contributed by atoms with E-state index in [-0.39, 0.29) is 62.1 Å². The zero-order chi connectivity index (χ0) is 28.9. The highest BCUT2D eigenvalue weighted by Gasteiger charge is 2.35. The Bertz CT molecular complexity index is 708. The van der Waals surface area contributed by atoms with Crippen molar-refractivity contribution in [2.45, 2.75) is 107 Å². The van der Waals surface area contributed by atoms with Gasteiger partial charge < -0.3 is 18.9 Å². The van der Waals surface area contributed by atoms with Crippen molar-refractivity contribution in [2.75, 3.05) is 26.4 Å². The van der Waals surface area contributed by atoms with Gasteiger partial charge in [-0.1, -0.05) is 54.4 Å². The third-order valence-electron chi connectivity index (χ3n) is 7.91. The number of rotatable bonds is 10. The van der Waals surface area contributed by atoms with Crippen molar-refractivity contribution in [3.8, 4) is 0 Å². The molecule has 0 amide bonds. The largest absolute Gasteiger partial charge is 0.462 e. The Morgan fingerprint density at radius 3 is 1.24 bits per heavy atom. The molecule has 0 aromatic rings. The van der Waals surface area contributed by atoms with Crippen molar-refractivity contribution < 1.29 is 38.1 Å². The van der Waals surface area contributed by atoms with Gasteiger partial charge in [0.25, 0.3) is 0 Å². The van der Waals surface area contributed by atoms with Crippen LogP contribution in [0.1, 0.15) is 107 Å². The summed E-state index contributed by atoms with van der Waals surface area (Å²) < 4.78 is 19.8. The molecule has 2 saturated carbocycles. The summed E-state index contributed by atoms with van der Waals surface area (Å²) in [7, 11) is 0. The molecule has 0 bridgehead atoms. The molecule has 4 atom stereocenters. The molecule has 220 valence electrons. The van der Waals surface area contributed by atoms with Crippen LogP contribution in [0, 0.1) is 34.5 Å². The lowest BCUT2D eigenvalue weighted by atomic mass is 9.68. The molecule has 0 unspecified atom stereocenters. The molecular formula is C30H52O8. The highest BCUT2D eigenvalue weighted by atomic mass is 16.6. The Labute approximate surface area is 229 Å². The maximum Gasteiger partial charge on any atom is 0.309 e. The summed E-state index contributed by atoms with van der Waals surface area (Å²) in [6.45, 7) is 16.2. The van der Waals surface area contributed by atoms with E-state index < -0.39 is 0 Å². The Morgan fingerprint density at radius 1 is 0.632 bits per heavy atom. The smallest absolute Gasteiger partial charge is 0.309 e. The van der Waals surface area contributed by atoms with Crippen molar-refractivity contribution in [2.24, 2.45) is 34.5 Å². The Kier molecular flexibility index (Phi) is 14.4. The van der Waals surface area contributed by atoms with Crippen LogP contribution in [-0.2, 0) is 38.1 Å². The summed E-state index contributed by atoms with van der Waals surface area (Å²) >= 11 is 0. The van der Waals surface area contributed by atoms with Crippen molar-refractivity contribution in [3.05, 3.63) is 0 Å². The molecule has 0 radical (unpaired) electrons. The van der Waals surface area contributed by atoms with Gasteiger partial charge >= 0.3 is 23.9 Å². The molecule has 0 aromatic heterocycles. The van der Waals surface area contributed by atoms with E-state index in [0.717, 1.165) is 25.7 Å². The fraction of sp³-hybridized carbons (Fsp3) is 0.867. The first-order valence-corrected chi connectivity index (χ1v) is 14.2. The average Bonchev–Trinajstić information content (AvgIpc) is 2.82. The van der Waals surface area contributed by atoms with Crippen molar-refractivity contribution in [1.29, 1.82) is 0 Å². The van der Waals surface area contributed by atoms with Gasteiger partial charge in [0.05, 0.1) is 11.8 Å². The van der Waals surface area contributed by atoms with Crippen LogP contribution in [0.2, 0.25) is 0 Å². The van der Waals surface area contributed by atoms with Gasteiger partial charge in [-0.05, 0) is 61.2 Å². The molecule has 0 aliphatic heterocycles. The van der Waals surface area contributed by atoms with Gasteiger partial charge in [-0.25, -0.2) is 0 Å². The summed E-state index contributed by atoms with van der Waals surface area (Å²) in [5.41, 5.74) is 0.657. The summed E-state index contributed by atoms with van der Waals surface area (Å²) in [6, 6.07) is 0. The second-order valence-corrected chi connectivity index (χ2v) is 12.6. The van der Waals surface area contributed by atoms with Gasteiger partial charge in [-0.3, -0.25) is 19.2 Å². The van der Waals surface area contributed by atoms with Gasteiger partial charge in [0, 0.05) is 13.8 Å². The van der Waals surface area contributed by atoms with E-state index in [2.05, 4.69) is 27.7 Å². The molecule has 2 fully saturated rings.